The third-order valence-corrected chi connectivity index (χ3v) is 4.60. The molecule has 1 aromatic carbocycles. The molecule has 0 aliphatic carbocycles. The van der Waals surface area contributed by atoms with Crippen LogP contribution in [-0.2, 0) is 16.0 Å². The van der Waals surface area contributed by atoms with Gasteiger partial charge in [0.05, 0.1) is 5.52 Å². The molecule has 3 rings (SSSR count). The van der Waals surface area contributed by atoms with Crippen LogP contribution in [0.1, 0.15) is 85.3 Å². The lowest BCUT2D eigenvalue weighted by molar-refractivity contribution is -0.135. The number of hydrogen-bond acceptors (Lipinski definition) is 5. The second kappa shape index (κ2) is 14.6. The van der Waals surface area contributed by atoms with Crippen LogP contribution in [0.25, 0.3) is 11.1 Å². The van der Waals surface area contributed by atoms with Crippen molar-refractivity contribution in [3.05, 3.63) is 34.3 Å². The molecule has 1 aliphatic heterocycles. The second-order valence-corrected chi connectivity index (χ2v) is 6.36. The van der Waals surface area contributed by atoms with E-state index in [0.717, 1.165) is 37.7 Å². The van der Waals surface area contributed by atoms with Gasteiger partial charge in [-0.1, -0.05) is 60.1 Å². The summed E-state index contributed by atoms with van der Waals surface area (Å²) in [7, 11) is 0. The molecule has 0 bridgehead atoms. The summed E-state index contributed by atoms with van der Waals surface area (Å²) in [5, 5.41) is 11.1. The van der Waals surface area contributed by atoms with Gasteiger partial charge in [0.25, 0.3) is 0 Å². The Morgan fingerprint density at radius 1 is 1.07 bits per heavy atom. The summed E-state index contributed by atoms with van der Waals surface area (Å²) in [5.74, 6) is -1.35. The third-order valence-electron chi connectivity index (χ3n) is 4.60. The number of nitrogens with zero attached hydrogens (tertiary/aromatic N) is 1. The minimum Gasteiger partial charge on any atom is -0.407 e. The second-order valence-electron chi connectivity index (χ2n) is 6.36. The highest BCUT2D eigenvalue weighted by Gasteiger charge is 2.31. The van der Waals surface area contributed by atoms with Gasteiger partial charge in [-0.3, -0.25) is 19.5 Å². The molecule has 7 nitrogen and oxygen atoms in total. The summed E-state index contributed by atoms with van der Waals surface area (Å²) < 4.78 is 6.79. The Bertz CT molecular complexity index is 838. The van der Waals surface area contributed by atoms with Gasteiger partial charge in [0.15, 0.2) is 5.58 Å². The number of aliphatic hydroxyl groups is 1. The number of oxazole rings is 1. The molecule has 2 heterocycles. The van der Waals surface area contributed by atoms with E-state index >= 15 is 0 Å². The smallest absolute Gasteiger partial charge is 0.407 e. The lowest BCUT2D eigenvalue weighted by atomic mass is 10.0. The number of fused-ring (bicyclic) bond motifs is 1. The molecular formula is C23H38N2O5. The maximum atomic E-state index is 12.3. The molecule has 1 atom stereocenters. The van der Waals surface area contributed by atoms with Crippen LogP contribution in [0, 0.1) is 0 Å². The first-order valence-corrected chi connectivity index (χ1v) is 10.7. The van der Waals surface area contributed by atoms with Crippen molar-refractivity contribution in [3.63, 3.8) is 0 Å². The summed E-state index contributed by atoms with van der Waals surface area (Å²) in [6, 6.07) is 4.82. The van der Waals surface area contributed by atoms with E-state index in [-0.39, 0.29) is 26.4 Å². The summed E-state index contributed by atoms with van der Waals surface area (Å²) >= 11 is 0. The van der Waals surface area contributed by atoms with Crippen LogP contribution in [0.2, 0.25) is 0 Å². The van der Waals surface area contributed by atoms with E-state index in [4.69, 9.17) is 9.52 Å². The van der Waals surface area contributed by atoms with Gasteiger partial charge in [-0.15, -0.1) is 0 Å². The normalized spacial score (nSPS) is 15.3. The number of carbonyl (C=O) groups excluding carboxylic acids is 2. The lowest BCUT2D eigenvalue weighted by Gasteiger charge is -2.21. The number of carbonyl (C=O) groups is 2. The van der Waals surface area contributed by atoms with Crippen molar-refractivity contribution in [2.45, 2.75) is 86.1 Å². The Morgan fingerprint density at radius 3 is 2.37 bits per heavy atom. The van der Waals surface area contributed by atoms with Crippen molar-refractivity contribution in [2.75, 3.05) is 6.61 Å². The number of aromatic nitrogens is 1. The molecule has 0 radical (unpaired) electrons. The van der Waals surface area contributed by atoms with Gasteiger partial charge in [0, 0.05) is 13.0 Å². The number of amides is 2. The zero-order valence-electron chi connectivity index (χ0n) is 18.0. The van der Waals surface area contributed by atoms with E-state index in [1.165, 1.54) is 4.57 Å². The number of para-hydroxylation sites is 1. The molecule has 170 valence electrons. The monoisotopic (exact) mass is 422 g/mol. The molecule has 0 spiro atoms. The van der Waals surface area contributed by atoms with Crippen LogP contribution in [0.5, 0.6) is 0 Å². The number of piperidine rings is 1. The van der Waals surface area contributed by atoms with Gasteiger partial charge in [-0.25, -0.2) is 4.79 Å². The molecule has 1 saturated heterocycles. The number of nitrogens with one attached hydrogen (secondary N) is 1. The Balaban J connectivity index is 0.00000159. The van der Waals surface area contributed by atoms with Crippen LogP contribution in [0.3, 0.4) is 0 Å². The van der Waals surface area contributed by atoms with Crippen molar-refractivity contribution in [1.82, 2.24) is 9.88 Å². The Morgan fingerprint density at radius 2 is 1.73 bits per heavy atom. The van der Waals surface area contributed by atoms with Crippen LogP contribution < -0.4 is 11.1 Å². The van der Waals surface area contributed by atoms with Crippen molar-refractivity contribution < 1.29 is 19.1 Å². The fraction of sp³-hybridized carbons (Fsp3) is 0.609. The standard InChI is InChI=1S/C18H22N2O5.2C2H6.CH4/c21-11-4-2-1-3-6-12-7-5-8-13-16(12)25-18(24)20(13)14-9-10-15(22)19-17(14)23;2*1-2;/h5,7-8,14,21H,1-4,6,9-11H2,(H,19,22,23);2*1-2H3;1H4. The van der Waals surface area contributed by atoms with Gasteiger partial charge in [-0.2, -0.15) is 0 Å². The predicted molar refractivity (Wildman–Crippen MR) is 121 cm³/mol. The van der Waals surface area contributed by atoms with Crippen molar-refractivity contribution in [2.24, 2.45) is 0 Å². The maximum Gasteiger partial charge on any atom is 0.420 e. The molecule has 7 heteroatoms. The first-order valence-electron chi connectivity index (χ1n) is 10.7. The minimum atomic E-state index is -0.716. The molecule has 1 fully saturated rings. The zero-order chi connectivity index (χ0) is 21.8. The number of aryl methyl sites for hydroxylation is 1. The van der Waals surface area contributed by atoms with Crippen LogP contribution >= 0.6 is 0 Å². The number of aliphatic hydroxyl groups excluding tert-OH is 1. The minimum absolute atomic E-state index is 0. The van der Waals surface area contributed by atoms with Crippen LogP contribution in [0.15, 0.2) is 27.4 Å². The zero-order valence-corrected chi connectivity index (χ0v) is 18.0. The third kappa shape index (κ3) is 6.83. The maximum absolute atomic E-state index is 12.3. The van der Waals surface area contributed by atoms with E-state index in [0.29, 0.717) is 17.5 Å². The molecule has 1 aliphatic rings. The van der Waals surface area contributed by atoms with E-state index < -0.39 is 17.7 Å². The topological polar surface area (TPSA) is 102 Å². The Kier molecular flexibility index (Phi) is 13.4. The fourth-order valence-corrected chi connectivity index (χ4v) is 3.31. The number of hydrogen-bond donors (Lipinski definition) is 2. The summed E-state index contributed by atoms with van der Waals surface area (Å²) in [6.45, 7) is 8.21. The molecule has 30 heavy (non-hydrogen) atoms. The lowest BCUT2D eigenvalue weighted by Crippen LogP contribution is -2.43. The van der Waals surface area contributed by atoms with Gasteiger partial charge < -0.3 is 9.52 Å². The van der Waals surface area contributed by atoms with Gasteiger partial charge in [-0.05, 0) is 37.3 Å². The predicted octanol–water partition coefficient (Wildman–Crippen LogP) is 4.36. The summed E-state index contributed by atoms with van der Waals surface area (Å²) in [6.07, 6.45) is 4.97. The van der Waals surface area contributed by atoms with Crippen molar-refractivity contribution in [3.8, 4) is 0 Å². The largest absolute Gasteiger partial charge is 0.420 e. The van der Waals surface area contributed by atoms with Crippen LogP contribution in [-0.4, -0.2) is 28.1 Å². The fourth-order valence-electron chi connectivity index (χ4n) is 3.31. The number of benzene rings is 1. The molecule has 1 aromatic heterocycles. The number of unbranched alkanes of at least 4 members (excludes halogenated alkanes) is 3. The Hall–Kier alpha value is -2.41. The van der Waals surface area contributed by atoms with Crippen molar-refractivity contribution in [1.29, 1.82) is 0 Å². The van der Waals surface area contributed by atoms with Gasteiger partial charge >= 0.3 is 5.76 Å². The average molecular weight is 423 g/mol. The average Bonchev–Trinajstić information content (AvgIpc) is 3.07. The molecule has 2 aromatic rings. The highest BCUT2D eigenvalue weighted by molar-refractivity contribution is 6.00. The first-order chi connectivity index (χ1) is 14.1. The summed E-state index contributed by atoms with van der Waals surface area (Å²) in [4.78, 5) is 35.8. The van der Waals surface area contributed by atoms with Crippen molar-refractivity contribution >= 4 is 22.9 Å². The number of imide groups is 1. The van der Waals surface area contributed by atoms with Crippen LogP contribution in [0.4, 0.5) is 0 Å². The molecule has 1 unspecified atom stereocenters. The first kappa shape index (κ1) is 27.6. The van der Waals surface area contributed by atoms with E-state index in [1.807, 2.05) is 39.8 Å². The van der Waals surface area contributed by atoms with Gasteiger partial charge in [0.1, 0.15) is 6.04 Å². The number of rotatable bonds is 7. The Labute approximate surface area is 179 Å². The van der Waals surface area contributed by atoms with E-state index in [9.17, 15) is 14.4 Å². The molecule has 2 amide bonds. The molecule has 0 saturated carbocycles. The van der Waals surface area contributed by atoms with E-state index in [1.54, 1.807) is 6.07 Å². The highest BCUT2D eigenvalue weighted by Crippen LogP contribution is 2.26. The quantitative estimate of drug-likeness (QED) is 0.510. The SMILES string of the molecule is C.CC.CC.O=C1CCC(n2c(=O)oc3c(CCCCCCO)cccc32)C(=O)N1. The van der Waals surface area contributed by atoms with Gasteiger partial charge in [0.2, 0.25) is 11.8 Å². The molecule has 2 N–H and O–H groups in total. The molecular weight excluding hydrogens is 384 g/mol. The summed E-state index contributed by atoms with van der Waals surface area (Å²) in [5.41, 5.74) is 2.04. The van der Waals surface area contributed by atoms with E-state index in [2.05, 4.69) is 5.32 Å². The highest BCUT2D eigenvalue weighted by atomic mass is 16.4.